The van der Waals surface area contributed by atoms with Gasteiger partial charge in [0.2, 0.25) is 5.91 Å². The van der Waals surface area contributed by atoms with Crippen molar-refractivity contribution >= 4 is 23.5 Å². The number of carbonyl (C=O) groups is 4. The molecule has 2 unspecified atom stereocenters. The Morgan fingerprint density at radius 3 is 1.96 bits per heavy atom. The van der Waals surface area contributed by atoms with Gasteiger partial charge in [-0.25, -0.2) is 0 Å². The number of ether oxygens (including phenoxy) is 2. The van der Waals surface area contributed by atoms with Gasteiger partial charge in [0.1, 0.15) is 5.78 Å². The van der Waals surface area contributed by atoms with E-state index in [-0.39, 0.29) is 46.0 Å². The predicted octanol–water partition coefficient (Wildman–Crippen LogP) is 8.99. The van der Waals surface area contributed by atoms with Crippen LogP contribution in [-0.2, 0) is 28.7 Å². The topological polar surface area (TPSA) is 102 Å². The Morgan fingerprint density at radius 2 is 1.41 bits per heavy atom. The number of hydrogen-bond donors (Lipinski definition) is 1. The number of imide groups is 1. The highest BCUT2D eigenvalue weighted by atomic mass is 16.5. The van der Waals surface area contributed by atoms with Crippen molar-refractivity contribution < 1.29 is 28.7 Å². The number of carbonyl (C=O) groups excluding carboxylic acids is 4. The van der Waals surface area contributed by atoms with E-state index in [1.54, 1.807) is 6.92 Å². The molecular weight excluding hydrogens is 640 g/mol. The van der Waals surface area contributed by atoms with Crippen LogP contribution in [-0.4, -0.2) is 66.4 Å². The average molecular weight is 715 g/mol. The first-order valence-electron chi connectivity index (χ1n) is 20.5. The van der Waals surface area contributed by atoms with Gasteiger partial charge < -0.3 is 14.8 Å². The summed E-state index contributed by atoms with van der Waals surface area (Å²) >= 11 is 0. The Morgan fingerprint density at radius 1 is 0.824 bits per heavy atom. The normalized spacial score (nSPS) is 25.5. The molecule has 0 spiro atoms. The maximum atomic E-state index is 12.6. The quantitative estimate of drug-likeness (QED) is 0.0888. The fourth-order valence-electron chi connectivity index (χ4n) is 9.09. The molecule has 1 heterocycles. The number of rotatable bonds is 22. The van der Waals surface area contributed by atoms with Crippen molar-refractivity contribution in [3.05, 3.63) is 12.2 Å². The summed E-state index contributed by atoms with van der Waals surface area (Å²) in [5.74, 6) is 2.02. The molecule has 1 aliphatic heterocycles. The van der Waals surface area contributed by atoms with Crippen molar-refractivity contribution in [2.24, 2.45) is 34.0 Å². The fourth-order valence-corrected chi connectivity index (χ4v) is 9.09. The van der Waals surface area contributed by atoms with Gasteiger partial charge in [0.25, 0.3) is 11.8 Å². The molecule has 8 nitrogen and oxygen atoms in total. The van der Waals surface area contributed by atoms with Crippen molar-refractivity contribution in [2.45, 2.75) is 177 Å². The summed E-state index contributed by atoms with van der Waals surface area (Å²) in [4.78, 5) is 50.3. The van der Waals surface area contributed by atoms with Gasteiger partial charge in [-0.3, -0.25) is 24.1 Å². The minimum Gasteiger partial charge on any atom is -0.378 e. The third-order valence-corrected chi connectivity index (χ3v) is 13.2. The summed E-state index contributed by atoms with van der Waals surface area (Å²) in [7, 11) is 0. The van der Waals surface area contributed by atoms with Crippen molar-refractivity contribution in [2.75, 3.05) is 26.4 Å². The number of nitrogens with one attached hydrogen (secondary N) is 1. The first-order chi connectivity index (χ1) is 23.9. The zero-order valence-electron chi connectivity index (χ0n) is 34.0. The molecule has 2 saturated carbocycles. The minimum atomic E-state index is -0.402. The maximum absolute atomic E-state index is 12.6. The highest BCUT2D eigenvalue weighted by Crippen LogP contribution is 2.45. The SMILES string of the molecule is CCC(C)(COCCC1CCC(CCCNC(=O)CC(C)(C)CC(C)(C)C(C)=O)CC1)OCCC(C)(CC)C1CCC(N2C(=O)C=CC2=O)CC1. The lowest BCUT2D eigenvalue weighted by Crippen LogP contribution is -2.44. The third-order valence-electron chi connectivity index (χ3n) is 13.2. The molecule has 2 atom stereocenters. The van der Waals surface area contributed by atoms with Crippen LogP contribution in [0.25, 0.3) is 0 Å². The lowest BCUT2D eigenvalue weighted by Gasteiger charge is -2.43. The molecule has 0 saturated heterocycles. The van der Waals surface area contributed by atoms with E-state index in [2.05, 4.69) is 46.9 Å². The van der Waals surface area contributed by atoms with Crippen molar-refractivity contribution in [3.8, 4) is 0 Å². The molecule has 2 fully saturated rings. The number of Topliss-reactive ketones (excluding diaryl/α,β-unsaturated/α-hetero) is 1. The van der Waals surface area contributed by atoms with Crippen LogP contribution in [0.5, 0.6) is 0 Å². The summed E-state index contributed by atoms with van der Waals surface area (Å²) in [6.45, 7) is 21.7. The number of amides is 3. The molecule has 3 rings (SSSR count). The predicted molar refractivity (Wildman–Crippen MR) is 205 cm³/mol. The van der Waals surface area contributed by atoms with Gasteiger partial charge >= 0.3 is 0 Å². The standard InChI is InChI=1S/C43H74N2O6/c1-10-42(8,35-18-20-36(21-19-35)45-38(48)22-23-39(45)49)25-28-51-43(9,11-2)31-50-27-24-34-16-14-33(15-17-34)13-12-26-44-37(47)29-40(4,5)30-41(6,7)32(3)46/h22-23,33-36H,10-21,24-31H2,1-9H3,(H,44,47). The van der Waals surface area contributed by atoms with Gasteiger partial charge in [-0.2, -0.15) is 0 Å². The van der Waals surface area contributed by atoms with Crippen LogP contribution in [0.15, 0.2) is 12.2 Å². The van der Waals surface area contributed by atoms with E-state index in [4.69, 9.17) is 9.47 Å². The van der Waals surface area contributed by atoms with Crippen molar-refractivity contribution in [3.63, 3.8) is 0 Å². The molecule has 292 valence electrons. The van der Waals surface area contributed by atoms with E-state index in [0.717, 1.165) is 89.4 Å². The van der Waals surface area contributed by atoms with Gasteiger partial charge in [-0.15, -0.1) is 0 Å². The summed E-state index contributed by atoms with van der Waals surface area (Å²) in [6.07, 6.45) is 19.2. The van der Waals surface area contributed by atoms with Crippen molar-refractivity contribution in [1.82, 2.24) is 10.2 Å². The van der Waals surface area contributed by atoms with Crippen LogP contribution in [0.2, 0.25) is 0 Å². The molecule has 0 radical (unpaired) electrons. The van der Waals surface area contributed by atoms with Crippen LogP contribution in [0.1, 0.15) is 165 Å². The van der Waals surface area contributed by atoms with Crippen molar-refractivity contribution in [1.29, 1.82) is 0 Å². The highest BCUT2D eigenvalue weighted by Gasteiger charge is 2.40. The second kappa shape index (κ2) is 19.3. The first kappa shape index (κ1) is 43.3. The Bertz CT molecular complexity index is 1160. The van der Waals surface area contributed by atoms with E-state index in [1.165, 1.54) is 49.2 Å². The largest absolute Gasteiger partial charge is 0.378 e. The molecule has 0 aromatic rings. The van der Waals surface area contributed by atoms with Crippen LogP contribution in [0, 0.1) is 34.0 Å². The molecule has 51 heavy (non-hydrogen) atoms. The molecular formula is C43H74N2O6. The summed E-state index contributed by atoms with van der Waals surface area (Å²) in [5.41, 5.74) is -0.719. The smallest absolute Gasteiger partial charge is 0.253 e. The van der Waals surface area contributed by atoms with E-state index < -0.39 is 5.41 Å². The molecule has 3 amide bonds. The number of hydrogen-bond acceptors (Lipinski definition) is 6. The second-order valence-electron chi connectivity index (χ2n) is 18.5. The Kier molecular flexibility index (Phi) is 16.4. The molecule has 2 aliphatic carbocycles. The van der Waals surface area contributed by atoms with E-state index in [9.17, 15) is 19.2 Å². The van der Waals surface area contributed by atoms with Crippen LogP contribution < -0.4 is 5.32 Å². The second-order valence-corrected chi connectivity index (χ2v) is 18.5. The van der Waals surface area contributed by atoms with E-state index in [0.29, 0.717) is 25.4 Å². The zero-order chi connectivity index (χ0) is 37.9. The molecule has 0 aromatic heterocycles. The third kappa shape index (κ3) is 13.4. The number of ketones is 1. The zero-order valence-corrected chi connectivity index (χ0v) is 34.0. The van der Waals surface area contributed by atoms with Crippen LogP contribution in [0.3, 0.4) is 0 Å². The molecule has 0 aromatic carbocycles. The van der Waals surface area contributed by atoms with Crippen LogP contribution in [0.4, 0.5) is 0 Å². The first-order valence-corrected chi connectivity index (χ1v) is 20.5. The Hall–Kier alpha value is -2.06. The summed E-state index contributed by atoms with van der Waals surface area (Å²) in [5, 5.41) is 3.13. The van der Waals surface area contributed by atoms with Gasteiger partial charge in [-0.05, 0) is 107 Å². The molecule has 0 bridgehead atoms. The van der Waals surface area contributed by atoms with Gasteiger partial charge in [0.05, 0.1) is 12.2 Å². The van der Waals surface area contributed by atoms with Gasteiger partial charge in [0.15, 0.2) is 0 Å². The lowest BCUT2D eigenvalue weighted by molar-refractivity contribution is -0.140. The maximum Gasteiger partial charge on any atom is 0.253 e. The molecule has 1 N–H and O–H groups in total. The van der Waals surface area contributed by atoms with E-state index >= 15 is 0 Å². The van der Waals surface area contributed by atoms with Gasteiger partial charge in [0, 0.05) is 49.8 Å². The van der Waals surface area contributed by atoms with E-state index in [1.807, 2.05) is 13.8 Å². The van der Waals surface area contributed by atoms with Gasteiger partial charge in [-0.1, -0.05) is 80.6 Å². The minimum absolute atomic E-state index is 0.0397. The molecule has 8 heteroatoms. The fraction of sp³-hybridized carbons (Fsp3) is 0.860. The Labute approximate surface area is 311 Å². The average Bonchev–Trinajstić information content (AvgIpc) is 3.41. The lowest BCUT2D eigenvalue weighted by atomic mass is 9.66. The summed E-state index contributed by atoms with van der Waals surface area (Å²) < 4.78 is 12.8. The van der Waals surface area contributed by atoms with Crippen LogP contribution >= 0.6 is 0 Å². The molecule has 3 aliphatic rings. The monoisotopic (exact) mass is 715 g/mol. The highest BCUT2D eigenvalue weighted by molar-refractivity contribution is 6.13. The summed E-state index contributed by atoms with van der Waals surface area (Å²) in [6, 6.07) is 0.0397. The Balaban J connectivity index is 1.26. The number of nitrogens with zero attached hydrogens (tertiary/aromatic N) is 1.